The normalized spacial score (nSPS) is 26.7. The van der Waals surface area contributed by atoms with Crippen LogP contribution in [0.3, 0.4) is 0 Å². The van der Waals surface area contributed by atoms with E-state index in [1.165, 1.54) is 10.4 Å². The highest BCUT2D eigenvalue weighted by molar-refractivity contribution is 7.85. The Morgan fingerprint density at radius 1 is 0.879 bits per heavy atom. The average Bonchev–Trinajstić information content (AvgIpc) is 3.27. The van der Waals surface area contributed by atoms with Gasteiger partial charge in [0.1, 0.15) is 11.0 Å². The third-order valence-corrected chi connectivity index (χ3v) is 14.0. The van der Waals surface area contributed by atoms with Crippen LogP contribution in [0, 0.1) is 17.8 Å². The maximum absolute atomic E-state index is 12.5. The molecular formula is C28H39NO2SSi. The first-order chi connectivity index (χ1) is 15.4. The van der Waals surface area contributed by atoms with Gasteiger partial charge in [0.15, 0.2) is 0 Å². The lowest BCUT2D eigenvalue weighted by Crippen LogP contribution is -2.67. The van der Waals surface area contributed by atoms with E-state index in [4.69, 9.17) is 4.43 Å². The number of hydrogen-bond acceptors (Lipinski definition) is 2. The lowest BCUT2D eigenvalue weighted by atomic mass is 10.1. The van der Waals surface area contributed by atoms with Crippen molar-refractivity contribution in [2.75, 3.05) is 0 Å². The Labute approximate surface area is 203 Å². The second kappa shape index (κ2) is 8.90. The van der Waals surface area contributed by atoms with Crippen LogP contribution in [0.15, 0.2) is 65.1 Å². The fourth-order valence-corrected chi connectivity index (χ4v) is 11.1. The molecule has 0 aromatic heterocycles. The Morgan fingerprint density at radius 3 is 1.73 bits per heavy atom. The van der Waals surface area contributed by atoms with Crippen LogP contribution in [0.25, 0.3) is 0 Å². The quantitative estimate of drug-likeness (QED) is 0.403. The van der Waals surface area contributed by atoms with Gasteiger partial charge in [-0.25, -0.2) is 4.21 Å². The van der Waals surface area contributed by atoms with Crippen LogP contribution in [0.1, 0.15) is 61.3 Å². The molecule has 2 aromatic carbocycles. The summed E-state index contributed by atoms with van der Waals surface area (Å²) in [5.74, 6) is 1.72. The number of rotatable bonds is 6. The molecular weight excluding hydrogens is 442 g/mol. The Bertz CT molecular complexity index is 972. The van der Waals surface area contributed by atoms with Crippen LogP contribution in [0.5, 0.6) is 0 Å². The summed E-state index contributed by atoms with van der Waals surface area (Å²) in [6.07, 6.45) is 2.42. The van der Waals surface area contributed by atoms with Gasteiger partial charge >= 0.3 is 0 Å². The molecule has 33 heavy (non-hydrogen) atoms. The van der Waals surface area contributed by atoms with Crippen molar-refractivity contribution >= 4 is 35.4 Å². The zero-order valence-corrected chi connectivity index (χ0v) is 23.0. The van der Waals surface area contributed by atoms with Crippen molar-refractivity contribution in [2.45, 2.75) is 77.2 Å². The number of hydrogen-bond donors (Lipinski definition) is 0. The molecule has 4 rings (SSSR count). The minimum atomic E-state index is -2.50. The van der Waals surface area contributed by atoms with E-state index in [-0.39, 0.29) is 15.9 Å². The van der Waals surface area contributed by atoms with Gasteiger partial charge in [-0.15, -0.1) is 0 Å². The van der Waals surface area contributed by atoms with Gasteiger partial charge in [-0.05, 0) is 67.8 Å². The average molecular weight is 482 g/mol. The molecule has 0 bridgehead atoms. The zero-order valence-electron chi connectivity index (χ0n) is 21.2. The van der Waals surface area contributed by atoms with Crippen molar-refractivity contribution in [1.29, 1.82) is 0 Å². The highest BCUT2D eigenvalue weighted by atomic mass is 32.2. The monoisotopic (exact) mass is 481 g/mol. The molecule has 0 saturated heterocycles. The third kappa shape index (κ3) is 4.69. The van der Waals surface area contributed by atoms with E-state index in [1.807, 2.05) is 20.8 Å². The third-order valence-electron chi connectivity index (χ3n) is 7.40. The van der Waals surface area contributed by atoms with Gasteiger partial charge in [-0.3, -0.25) is 0 Å². The maximum atomic E-state index is 12.5. The van der Waals surface area contributed by atoms with E-state index >= 15 is 0 Å². The summed E-state index contributed by atoms with van der Waals surface area (Å²) in [5.41, 5.74) is 1.07. The first kappa shape index (κ1) is 24.6. The molecule has 2 fully saturated rings. The smallest absolute Gasteiger partial charge is 0.261 e. The minimum Gasteiger partial charge on any atom is -0.404 e. The number of fused-ring (bicyclic) bond motifs is 1. The van der Waals surface area contributed by atoms with Crippen molar-refractivity contribution in [1.82, 2.24) is 0 Å². The zero-order chi connectivity index (χ0) is 24.0. The van der Waals surface area contributed by atoms with Crippen molar-refractivity contribution in [3.8, 4) is 0 Å². The van der Waals surface area contributed by atoms with Gasteiger partial charge < -0.3 is 4.43 Å². The topological polar surface area (TPSA) is 38.7 Å². The molecule has 0 N–H and O–H groups in total. The molecule has 3 unspecified atom stereocenters. The molecule has 2 aromatic rings. The molecule has 0 amide bonds. The Hall–Kier alpha value is -1.56. The predicted octanol–water partition coefficient (Wildman–Crippen LogP) is 5.51. The SMILES string of the molecule is C/C(=N\S(=O)C(C)(C)C)C1[C@H]2CC(O[Si](c3ccccc3)(c3ccccc3)C(C)(C)C)C[C@@H]12. The summed E-state index contributed by atoms with van der Waals surface area (Å²) >= 11 is 0. The minimum absolute atomic E-state index is 0.00285. The number of benzene rings is 2. The van der Waals surface area contributed by atoms with E-state index in [9.17, 15) is 4.21 Å². The fourth-order valence-electron chi connectivity index (χ4n) is 5.78. The Balaban J connectivity index is 1.58. The van der Waals surface area contributed by atoms with Gasteiger partial charge in [-0.1, -0.05) is 81.4 Å². The summed E-state index contributed by atoms with van der Waals surface area (Å²) in [6.45, 7) is 15.1. The summed E-state index contributed by atoms with van der Waals surface area (Å²) < 4.78 is 24.1. The largest absolute Gasteiger partial charge is 0.404 e. The van der Waals surface area contributed by atoms with Crippen molar-refractivity contribution in [3.05, 3.63) is 60.7 Å². The van der Waals surface area contributed by atoms with E-state index in [2.05, 4.69) is 92.8 Å². The van der Waals surface area contributed by atoms with E-state index in [0.29, 0.717) is 17.8 Å². The molecule has 0 heterocycles. The summed E-state index contributed by atoms with van der Waals surface area (Å²) in [7, 11) is -3.68. The van der Waals surface area contributed by atoms with Gasteiger partial charge in [0.25, 0.3) is 8.32 Å². The lowest BCUT2D eigenvalue weighted by Gasteiger charge is -2.45. The maximum Gasteiger partial charge on any atom is 0.261 e. The number of nitrogens with zero attached hydrogens (tertiary/aromatic N) is 1. The summed E-state index contributed by atoms with van der Waals surface area (Å²) in [5, 5.41) is 2.70. The fraction of sp³-hybridized carbons (Fsp3) is 0.536. The Kier molecular flexibility index (Phi) is 6.62. The molecule has 3 nitrogen and oxygen atoms in total. The molecule has 0 aliphatic heterocycles. The van der Waals surface area contributed by atoms with E-state index < -0.39 is 19.3 Å². The van der Waals surface area contributed by atoms with Gasteiger partial charge in [0, 0.05) is 17.7 Å². The molecule has 2 aliphatic carbocycles. The molecule has 5 heteroatoms. The van der Waals surface area contributed by atoms with E-state index in [1.54, 1.807) is 0 Å². The second-order valence-electron chi connectivity index (χ2n) is 11.8. The molecule has 2 saturated carbocycles. The molecule has 0 radical (unpaired) electrons. The first-order valence-electron chi connectivity index (χ1n) is 12.2. The van der Waals surface area contributed by atoms with Crippen molar-refractivity contribution < 1.29 is 8.63 Å². The van der Waals surface area contributed by atoms with Crippen LogP contribution in [-0.2, 0) is 15.4 Å². The molecule has 2 aliphatic rings. The van der Waals surface area contributed by atoms with E-state index in [0.717, 1.165) is 18.6 Å². The van der Waals surface area contributed by atoms with Gasteiger partial charge in [0.05, 0.1) is 4.75 Å². The van der Waals surface area contributed by atoms with Crippen LogP contribution < -0.4 is 10.4 Å². The molecule has 5 atom stereocenters. The summed E-state index contributed by atoms with van der Waals surface area (Å²) in [4.78, 5) is 0. The van der Waals surface area contributed by atoms with Crippen LogP contribution in [0.4, 0.5) is 0 Å². The standard InChI is InChI=1S/C28H39NO2SSi/c1-20(29-32(30)27(2,3)4)26-24-18-21(19-25(24)26)31-33(28(5,6)7,22-14-10-8-11-15-22)23-16-12-9-13-17-23/h8-17,21,24-26H,18-19H2,1-7H3/b29-20+/t21?,24-,25+,26?,32?. The highest BCUT2D eigenvalue weighted by Crippen LogP contribution is 2.59. The van der Waals surface area contributed by atoms with Crippen molar-refractivity contribution in [3.63, 3.8) is 0 Å². The summed E-state index contributed by atoms with van der Waals surface area (Å²) in [6, 6.07) is 21.8. The van der Waals surface area contributed by atoms with Crippen molar-refractivity contribution in [2.24, 2.45) is 22.2 Å². The highest BCUT2D eigenvalue weighted by Gasteiger charge is 2.60. The Morgan fingerprint density at radius 2 is 1.33 bits per heavy atom. The van der Waals surface area contributed by atoms with Crippen LogP contribution >= 0.6 is 0 Å². The first-order valence-corrected chi connectivity index (χ1v) is 15.2. The van der Waals surface area contributed by atoms with Crippen LogP contribution in [-0.4, -0.2) is 29.1 Å². The molecule has 178 valence electrons. The molecule has 0 spiro atoms. The van der Waals surface area contributed by atoms with Gasteiger partial charge in [-0.2, -0.15) is 4.40 Å². The second-order valence-corrected chi connectivity index (χ2v) is 18.0. The lowest BCUT2D eigenvalue weighted by molar-refractivity contribution is 0.177. The van der Waals surface area contributed by atoms with Gasteiger partial charge in [0.2, 0.25) is 0 Å². The van der Waals surface area contributed by atoms with Crippen LogP contribution in [0.2, 0.25) is 5.04 Å². The predicted molar refractivity (Wildman–Crippen MR) is 143 cm³/mol.